The van der Waals surface area contributed by atoms with Crippen LogP contribution in [0.25, 0.3) is 6.08 Å². The molecule has 0 fully saturated rings. The van der Waals surface area contributed by atoms with E-state index in [1.54, 1.807) is 0 Å². The number of hydrogen-bond donors (Lipinski definition) is 0. The van der Waals surface area contributed by atoms with E-state index in [-0.39, 0.29) is 0 Å². The molecule has 142 valence electrons. The third-order valence-electron chi connectivity index (χ3n) is 5.56. The van der Waals surface area contributed by atoms with Gasteiger partial charge in [-0.2, -0.15) is 0 Å². The Morgan fingerprint density at radius 2 is 1.79 bits per heavy atom. The highest BCUT2D eigenvalue weighted by Gasteiger charge is 2.24. The summed E-state index contributed by atoms with van der Waals surface area (Å²) in [6, 6.07) is 26.7. The van der Waals surface area contributed by atoms with Crippen molar-refractivity contribution in [2.24, 2.45) is 0 Å². The van der Waals surface area contributed by atoms with E-state index in [0.717, 1.165) is 26.1 Å². The van der Waals surface area contributed by atoms with Crippen LogP contribution in [0.15, 0.2) is 78.9 Å². The predicted molar refractivity (Wildman–Crippen MR) is 128 cm³/mol. The van der Waals surface area contributed by atoms with Crippen molar-refractivity contribution in [3.05, 3.63) is 110 Å². The quantitative estimate of drug-likeness (QED) is 0.397. The molecule has 1 atom stereocenters. The smallest absolute Gasteiger partial charge is 0.0220 e. The van der Waals surface area contributed by atoms with E-state index in [4.69, 9.17) is 0 Å². The number of aryl methyl sites for hydroxylation is 1. The molecule has 4 rings (SSSR count). The van der Waals surface area contributed by atoms with Gasteiger partial charge in [0.05, 0.1) is 0 Å². The minimum atomic E-state index is 0.435. The lowest BCUT2D eigenvalue weighted by atomic mass is 9.87. The number of nitrogens with zero attached hydrogens (tertiary/aromatic N) is 1. The predicted octanol–water partition coefficient (Wildman–Crippen LogP) is 6.30. The van der Waals surface area contributed by atoms with Crippen LogP contribution >= 0.6 is 22.6 Å². The van der Waals surface area contributed by atoms with Gasteiger partial charge in [0.25, 0.3) is 0 Å². The Labute approximate surface area is 182 Å². The van der Waals surface area contributed by atoms with E-state index in [9.17, 15) is 0 Å². The highest BCUT2D eigenvalue weighted by Crippen LogP contribution is 2.32. The topological polar surface area (TPSA) is 3.24 Å². The molecule has 0 bridgehead atoms. The van der Waals surface area contributed by atoms with Gasteiger partial charge in [-0.25, -0.2) is 0 Å². The third kappa shape index (κ3) is 4.73. The Bertz CT molecular complexity index is 944. The first kappa shape index (κ1) is 19.4. The average Bonchev–Trinajstić information content (AvgIpc) is 2.90. The van der Waals surface area contributed by atoms with Crippen molar-refractivity contribution in [3.8, 4) is 0 Å². The first-order valence-corrected chi connectivity index (χ1v) is 11.1. The molecular formula is C26H26IN. The van der Waals surface area contributed by atoms with Crippen LogP contribution in [0, 0.1) is 10.5 Å². The van der Waals surface area contributed by atoms with E-state index < -0.39 is 0 Å². The summed E-state index contributed by atoms with van der Waals surface area (Å²) in [5, 5.41) is 0. The average molecular weight is 479 g/mol. The fourth-order valence-corrected chi connectivity index (χ4v) is 4.40. The molecule has 0 radical (unpaired) electrons. The van der Waals surface area contributed by atoms with Gasteiger partial charge in [-0.05, 0) is 70.3 Å². The van der Waals surface area contributed by atoms with E-state index in [1.165, 1.54) is 31.4 Å². The van der Waals surface area contributed by atoms with Crippen LogP contribution in [-0.4, -0.2) is 24.5 Å². The Morgan fingerprint density at radius 3 is 2.57 bits per heavy atom. The molecule has 28 heavy (non-hydrogen) atoms. The molecule has 1 nitrogen and oxygen atoms in total. The Balaban J connectivity index is 1.55. The van der Waals surface area contributed by atoms with Gasteiger partial charge < -0.3 is 0 Å². The molecule has 0 aliphatic carbocycles. The van der Waals surface area contributed by atoms with Crippen molar-refractivity contribution in [1.29, 1.82) is 0 Å². The van der Waals surface area contributed by atoms with Crippen LogP contribution < -0.4 is 0 Å². The third-order valence-corrected chi connectivity index (χ3v) is 6.28. The molecular weight excluding hydrogens is 453 g/mol. The highest BCUT2D eigenvalue weighted by molar-refractivity contribution is 14.1. The molecule has 3 aromatic carbocycles. The largest absolute Gasteiger partial charge is 0.298 e. The lowest BCUT2D eigenvalue weighted by molar-refractivity contribution is 0.306. The van der Waals surface area contributed by atoms with Crippen LogP contribution in [0.1, 0.15) is 33.7 Å². The van der Waals surface area contributed by atoms with Gasteiger partial charge in [0.1, 0.15) is 0 Å². The minimum absolute atomic E-state index is 0.435. The summed E-state index contributed by atoms with van der Waals surface area (Å²) in [6.07, 6.45) is 5.68. The maximum Gasteiger partial charge on any atom is 0.0220 e. The first-order chi connectivity index (χ1) is 13.7. The maximum atomic E-state index is 2.59. The van der Waals surface area contributed by atoms with Crippen molar-refractivity contribution >= 4 is 28.7 Å². The molecule has 0 saturated carbocycles. The van der Waals surface area contributed by atoms with Gasteiger partial charge >= 0.3 is 0 Å². The van der Waals surface area contributed by atoms with Crippen LogP contribution in [0.2, 0.25) is 0 Å². The molecule has 0 saturated heterocycles. The van der Waals surface area contributed by atoms with E-state index in [2.05, 4.69) is 119 Å². The van der Waals surface area contributed by atoms with Crippen molar-refractivity contribution in [2.75, 3.05) is 19.6 Å². The fourth-order valence-electron chi connectivity index (χ4n) is 4.04. The summed E-state index contributed by atoms with van der Waals surface area (Å²) in [5.74, 6) is 0.435. The van der Waals surface area contributed by atoms with Gasteiger partial charge in [-0.1, -0.05) is 78.4 Å². The normalized spacial score (nSPS) is 17.4. The lowest BCUT2D eigenvalue weighted by Crippen LogP contribution is -2.29. The number of hydrogen-bond acceptors (Lipinski definition) is 1. The summed E-state index contributed by atoms with van der Waals surface area (Å²) < 4.78 is 1.28. The summed E-state index contributed by atoms with van der Waals surface area (Å²) in [5.41, 5.74) is 7.06. The van der Waals surface area contributed by atoms with Crippen molar-refractivity contribution in [2.45, 2.75) is 19.3 Å². The van der Waals surface area contributed by atoms with Gasteiger partial charge in [-0.3, -0.25) is 4.90 Å². The molecule has 0 spiro atoms. The highest BCUT2D eigenvalue weighted by atomic mass is 127. The number of halogens is 1. The first-order valence-electron chi connectivity index (χ1n) is 9.98. The monoisotopic (exact) mass is 479 g/mol. The fraction of sp³-hybridized carbons (Fsp3) is 0.231. The molecule has 1 unspecified atom stereocenters. The molecule has 0 amide bonds. The van der Waals surface area contributed by atoms with Crippen LogP contribution in [-0.2, 0) is 6.42 Å². The van der Waals surface area contributed by atoms with Crippen molar-refractivity contribution < 1.29 is 0 Å². The summed E-state index contributed by atoms with van der Waals surface area (Å²) in [4.78, 5) is 2.59. The zero-order valence-corrected chi connectivity index (χ0v) is 18.5. The second-order valence-electron chi connectivity index (χ2n) is 7.63. The SMILES string of the molecule is Cc1ccc2c(c1)C(c1ccccc1)CN(C/C=C/c1ccc(I)cc1)CC2. The second-order valence-corrected chi connectivity index (χ2v) is 8.87. The van der Waals surface area contributed by atoms with Gasteiger partial charge in [-0.15, -0.1) is 0 Å². The number of rotatable bonds is 4. The lowest BCUT2D eigenvalue weighted by Gasteiger charge is -2.24. The summed E-state index contributed by atoms with van der Waals surface area (Å²) in [7, 11) is 0. The number of benzene rings is 3. The van der Waals surface area contributed by atoms with Crippen LogP contribution in [0.5, 0.6) is 0 Å². The van der Waals surface area contributed by atoms with E-state index in [0.29, 0.717) is 5.92 Å². The van der Waals surface area contributed by atoms with Gasteiger partial charge in [0, 0.05) is 29.1 Å². The van der Waals surface area contributed by atoms with Crippen molar-refractivity contribution in [3.63, 3.8) is 0 Å². The Hall–Kier alpha value is -1.91. The molecule has 1 heterocycles. The van der Waals surface area contributed by atoms with E-state index >= 15 is 0 Å². The van der Waals surface area contributed by atoms with Gasteiger partial charge in [0.2, 0.25) is 0 Å². The minimum Gasteiger partial charge on any atom is -0.298 e. The molecule has 3 aromatic rings. The standard InChI is InChI=1S/C26H26IN/c1-20-9-12-23-15-17-28(16-5-6-21-10-13-24(27)14-11-21)19-26(25(23)18-20)22-7-3-2-4-8-22/h2-14,18,26H,15-17,19H2,1H3/b6-5+. The van der Waals surface area contributed by atoms with Crippen LogP contribution in [0.3, 0.4) is 0 Å². The summed E-state index contributed by atoms with van der Waals surface area (Å²) in [6.45, 7) is 5.37. The second kappa shape index (κ2) is 9.06. The summed E-state index contributed by atoms with van der Waals surface area (Å²) >= 11 is 2.35. The zero-order chi connectivity index (χ0) is 19.3. The number of fused-ring (bicyclic) bond motifs is 1. The van der Waals surface area contributed by atoms with Crippen molar-refractivity contribution in [1.82, 2.24) is 4.90 Å². The molecule has 1 aliphatic heterocycles. The zero-order valence-electron chi connectivity index (χ0n) is 16.3. The maximum absolute atomic E-state index is 2.59. The Morgan fingerprint density at radius 1 is 1.00 bits per heavy atom. The molecule has 0 aromatic heterocycles. The van der Waals surface area contributed by atoms with Gasteiger partial charge in [0.15, 0.2) is 0 Å². The Kier molecular flexibility index (Phi) is 6.28. The molecule has 0 N–H and O–H groups in total. The molecule has 1 aliphatic rings. The van der Waals surface area contributed by atoms with Crippen LogP contribution in [0.4, 0.5) is 0 Å². The van der Waals surface area contributed by atoms with E-state index in [1.807, 2.05) is 0 Å². The molecule has 2 heteroatoms.